The minimum Gasteiger partial charge on any atom is -0.494 e. The van der Waals surface area contributed by atoms with Crippen LogP contribution in [-0.4, -0.2) is 34.9 Å². The van der Waals surface area contributed by atoms with E-state index in [1.165, 1.54) is 30.1 Å². The topological polar surface area (TPSA) is 102 Å². The van der Waals surface area contributed by atoms with Crippen molar-refractivity contribution in [2.45, 2.75) is 6.92 Å². The Hall–Kier alpha value is -3.80. The first-order chi connectivity index (χ1) is 15.9. The zero-order chi connectivity index (χ0) is 23.7. The van der Waals surface area contributed by atoms with Crippen molar-refractivity contribution in [2.24, 2.45) is 0 Å². The van der Waals surface area contributed by atoms with Gasteiger partial charge in [0.2, 0.25) is 0 Å². The fraction of sp³-hybridized carbons (Fsp3) is 0.130. The average Bonchev–Trinajstić information content (AvgIpc) is 3.22. The van der Waals surface area contributed by atoms with Gasteiger partial charge in [-0.1, -0.05) is 35.3 Å². The van der Waals surface area contributed by atoms with Gasteiger partial charge in [-0.3, -0.25) is 4.79 Å². The van der Waals surface area contributed by atoms with Gasteiger partial charge >= 0.3 is 0 Å². The molecule has 0 spiro atoms. The highest BCUT2D eigenvalue weighted by molar-refractivity contribution is 6.37. The third kappa shape index (κ3) is 3.93. The van der Waals surface area contributed by atoms with Crippen molar-refractivity contribution in [3.8, 4) is 23.4 Å². The quantitative estimate of drug-likeness (QED) is 0.421. The summed E-state index contributed by atoms with van der Waals surface area (Å²) in [7, 11) is 2.95. The Balaban J connectivity index is 1.85. The van der Waals surface area contributed by atoms with Crippen LogP contribution in [0.25, 0.3) is 16.7 Å². The first-order valence-electron chi connectivity index (χ1n) is 9.65. The fourth-order valence-electron chi connectivity index (χ4n) is 3.49. The summed E-state index contributed by atoms with van der Waals surface area (Å²) in [5.74, 6) is 0.613. The number of halogens is 2. The number of nitrogens with one attached hydrogen (secondary N) is 1. The molecule has 33 heavy (non-hydrogen) atoms. The Kier molecular flexibility index (Phi) is 6.09. The number of fused-ring (bicyclic) bond motifs is 1. The van der Waals surface area contributed by atoms with Gasteiger partial charge in [0, 0.05) is 5.39 Å². The number of amides is 1. The van der Waals surface area contributed by atoms with Crippen molar-refractivity contribution >= 4 is 45.8 Å². The van der Waals surface area contributed by atoms with Crippen LogP contribution in [0.4, 0.5) is 5.82 Å². The van der Waals surface area contributed by atoms with E-state index in [4.69, 9.17) is 32.7 Å². The van der Waals surface area contributed by atoms with Gasteiger partial charge in [-0.15, -0.1) is 0 Å². The fourth-order valence-corrected chi connectivity index (χ4v) is 3.96. The van der Waals surface area contributed by atoms with Crippen molar-refractivity contribution in [1.82, 2.24) is 14.8 Å². The number of aromatic nitrogens is 3. The predicted molar refractivity (Wildman–Crippen MR) is 126 cm³/mol. The van der Waals surface area contributed by atoms with E-state index in [1.54, 1.807) is 19.2 Å². The smallest absolute Gasteiger partial charge is 0.262 e. The Bertz CT molecular complexity index is 1440. The number of benzene rings is 2. The molecule has 0 fully saturated rings. The molecule has 0 aliphatic heterocycles. The number of aryl methyl sites for hydroxylation is 1. The maximum atomic E-state index is 13.2. The number of carbonyl (C=O) groups excluding carboxylic acids is 1. The molecule has 1 amide bonds. The maximum absolute atomic E-state index is 13.2. The molecule has 0 aliphatic carbocycles. The van der Waals surface area contributed by atoms with Crippen molar-refractivity contribution in [3.05, 3.63) is 69.3 Å². The van der Waals surface area contributed by atoms with Crippen LogP contribution in [0.1, 0.15) is 21.5 Å². The zero-order valence-electron chi connectivity index (χ0n) is 17.8. The van der Waals surface area contributed by atoms with Crippen LogP contribution in [-0.2, 0) is 0 Å². The van der Waals surface area contributed by atoms with E-state index in [0.29, 0.717) is 17.1 Å². The molecule has 2 heterocycles. The average molecular weight is 482 g/mol. The highest BCUT2D eigenvalue weighted by Crippen LogP contribution is 2.35. The maximum Gasteiger partial charge on any atom is 0.262 e. The van der Waals surface area contributed by atoms with Gasteiger partial charge in [0.1, 0.15) is 28.5 Å². The van der Waals surface area contributed by atoms with Gasteiger partial charge < -0.3 is 14.8 Å². The molecule has 4 aromatic rings. The van der Waals surface area contributed by atoms with Gasteiger partial charge in [0.25, 0.3) is 5.91 Å². The number of nitrogens with zero attached hydrogens (tertiary/aromatic N) is 4. The number of ether oxygens (including phenoxy) is 2. The summed E-state index contributed by atoms with van der Waals surface area (Å²) in [5, 5.41) is 17.9. The van der Waals surface area contributed by atoms with E-state index in [9.17, 15) is 10.1 Å². The molecule has 0 unspecified atom stereocenters. The molecule has 0 saturated heterocycles. The summed E-state index contributed by atoms with van der Waals surface area (Å²) >= 11 is 12.4. The third-order valence-electron chi connectivity index (χ3n) is 5.04. The highest BCUT2D eigenvalue weighted by atomic mass is 35.5. The number of nitriles is 1. The van der Waals surface area contributed by atoms with E-state index in [-0.39, 0.29) is 32.7 Å². The monoisotopic (exact) mass is 481 g/mol. The van der Waals surface area contributed by atoms with Crippen LogP contribution < -0.4 is 14.8 Å². The Labute approximate surface area is 199 Å². The van der Waals surface area contributed by atoms with Crippen LogP contribution in [0, 0.1) is 18.3 Å². The Morgan fingerprint density at radius 3 is 2.61 bits per heavy atom. The number of carbonyl (C=O) groups is 1. The summed E-state index contributed by atoms with van der Waals surface area (Å²) in [6.45, 7) is 1.93. The molecule has 0 bridgehead atoms. The summed E-state index contributed by atoms with van der Waals surface area (Å²) in [5.41, 5.74) is 1.72. The van der Waals surface area contributed by atoms with E-state index in [1.807, 2.05) is 25.1 Å². The van der Waals surface area contributed by atoms with Gasteiger partial charge in [-0.05, 0) is 36.8 Å². The first-order valence-corrected chi connectivity index (χ1v) is 10.4. The number of para-hydroxylation sites is 1. The lowest BCUT2D eigenvalue weighted by Gasteiger charge is -2.14. The van der Waals surface area contributed by atoms with Crippen LogP contribution in [0.5, 0.6) is 11.5 Å². The van der Waals surface area contributed by atoms with Crippen LogP contribution in [0.2, 0.25) is 10.0 Å². The molecule has 0 atom stereocenters. The number of rotatable bonds is 5. The Morgan fingerprint density at radius 1 is 1.15 bits per heavy atom. The lowest BCUT2D eigenvalue weighted by atomic mass is 10.1. The van der Waals surface area contributed by atoms with Gasteiger partial charge in [-0.2, -0.15) is 15.0 Å². The number of anilines is 1. The molecule has 4 rings (SSSR count). The van der Waals surface area contributed by atoms with Crippen molar-refractivity contribution in [1.29, 1.82) is 5.26 Å². The molecule has 10 heteroatoms. The highest BCUT2D eigenvalue weighted by Gasteiger charge is 2.23. The van der Waals surface area contributed by atoms with Crippen LogP contribution in [0.3, 0.4) is 0 Å². The van der Waals surface area contributed by atoms with Crippen LogP contribution >= 0.6 is 23.2 Å². The molecular formula is C23H17Cl2N5O3. The molecule has 0 aliphatic rings. The number of pyridine rings is 1. The number of hydrogen-bond acceptors (Lipinski definition) is 6. The van der Waals surface area contributed by atoms with Crippen molar-refractivity contribution < 1.29 is 14.3 Å². The molecule has 0 saturated carbocycles. The predicted octanol–water partition coefficient (Wildman–Crippen LogP) is 5.18. The molecule has 0 radical (unpaired) electrons. The van der Waals surface area contributed by atoms with Gasteiger partial charge in [0.05, 0.1) is 30.5 Å². The third-order valence-corrected chi connectivity index (χ3v) is 5.66. The molecule has 166 valence electrons. The van der Waals surface area contributed by atoms with Crippen molar-refractivity contribution in [3.63, 3.8) is 0 Å². The Morgan fingerprint density at radius 2 is 1.91 bits per heavy atom. The van der Waals surface area contributed by atoms with Gasteiger partial charge in [0.15, 0.2) is 17.4 Å². The number of methoxy groups -OCH3 is 2. The zero-order valence-corrected chi connectivity index (χ0v) is 19.3. The molecular weight excluding hydrogens is 465 g/mol. The summed E-state index contributed by atoms with van der Waals surface area (Å²) in [4.78, 5) is 17.8. The van der Waals surface area contributed by atoms with Gasteiger partial charge in [-0.25, -0.2) is 4.98 Å². The lowest BCUT2D eigenvalue weighted by Crippen LogP contribution is -2.18. The van der Waals surface area contributed by atoms with E-state index in [0.717, 1.165) is 10.9 Å². The molecule has 8 nitrogen and oxygen atoms in total. The molecule has 1 N–H and O–H groups in total. The van der Waals surface area contributed by atoms with E-state index < -0.39 is 5.91 Å². The minimum absolute atomic E-state index is 0.0348. The SMILES string of the molecule is COc1c(Cl)ccc(Cl)c1C(=O)Nc1c(C#N)cnn1-c1cc(C)c2cccc(OC)c2n1. The summed E-state index contributed by atoms with van der Waals surface area (Å²) < 4.78 is 12.1. The number of hydrogen-bond donors (Lipinski definition) is 1. The normalized spacial score (nSPS) is 10.7. The second-order valence-corrected chi connectivity index (χ2v) is 7.79. The van der Waals surface area contributed by atoms with E-state index >= 15 is 0 Å². The lowest BCUT2D eigenvalue weighted by molar-refractivity contribution is 0.102. The molecule has 2 aromatic carbocycles. The summed E-state index contributed by atoms with van der Waals surface area (Å²) in [6, 6.07) is 12.5. The summed E-state index contributed by atoms with van der Waals surface area (Å²) in [6.07, 6.45) is 1.34. The van der Waals surface area contributed by atoms with Crippen molar-refractivity contribution in [2.75, 3.05) is 19.5 Å². The first kappa shape index (κ1) is 22.4. The second-order valence-electron chi connectivity index (χ2n) is 6.98. The molecule has 2 aromatic heterocycles. The second kappa shape index (κ2) is 8.98. The largest absolute Gasteiger partial charge is 0.494 e. The van der Waals surface area contributed by atoms with E-state index in [2.05, 4.69) is 15.4 Å². The van der Waals surface area contributed by atoms with Crippen LogP contribution in [0.15, 0.2) is 42.6 Å². The standard InChI is InChI=1S/C23H17Cl2N5O3/c1-12-9-18(28-20-14(12)5-4-6-17(20)32-2)30-22(13(10-26)11-27-30)29-23(31)19-15(24)7-8-16(25)21(19)33-3/h4-9,11H,1-3H3,(H,29,31). The minimum atomic E-state index is -0.618.